The number of nitrogens with one attached hydrogen (secondary N) is 1. The van der Waals surface area contributed by atoms with Crippen LogP contribution >= 0.6 is 23.8 Å². The highest BCUT2D eigenvalue weighted by atomic mass is 35.5. The summed E-state index contributed by atoms with van der Waals surface area (Å²) in [5, 5.41) is 1.66. The van der Waals surface area contributed by atoms with E-state index in [4.69, 9.17) is 22.1 Å². The van der Waals surface area contributed by atoms with Gasteiger partial charge in [-0.15, -0.1) is 0 Å². The molecule has 0 radical (unpaired) electrons. The van der Waals surface area contributed by atoms with Crippen LogP contribution in [0.1, 0.15) is 5.56 Å². The zero-order chi connectivity index (χ0) is 13.2. The molecule has 17 heavy (non-hydrogen) atoms. The maximum absolute atomic E-state index is 12.7. The summed E-state index contributed by atoms with van der Waals surface area (Å²) in [7, 11) is 1.24. The van der Waals surface area contributed by atoms with Crippen molar-refractivity contribution >= 4 is 34.6 Å². The van der Waals surface area contributed by atoms with Crippen molar-refractivity contribution in [2.24, 2.45) is 5.73 Å². The van der Waals surface area contributed by atoms with E-state index in [0.29, 0.717) is 0 Å². The summed E-state index contributed by atoms with van der Waals surface area (Å²) in [6, 6.07) is 2.07. The molecule has 1 aromatic carbocycles. The number of ether oxygens (including phenoxy) is 1. The van der Waals surface area contributed by atoms with Gasteiger partial charge in [0.05, 0.1) is 23.4 Å². The van der Waals surface area contributed by atoms with E-state index in [9.17, 15) is 13.2 Å². The van der Waals surface area contributed by atoms with E-state index >= 15 is 0 Å². The maximum Gasteiger partial charge on any atom is 0.418 e. The van der Waals surface area contributed by atoms with Gasteiger partial charge in [0.25, 0.3) is 0 Å². The topological polar surface area (TPSA) is 47.3 Å². The fraction of sp³-hybridized carbons (Fsp3) is 0.222. The molecule has 0 fully saturated rings. The smallest absolute Gasteiger partial charge is 0.418 e. The van der Waals surface area contributed by atoms with E-state index in [0.717, 1.165) is 6.07 Å². The Bertz CT molecular complexity index is 451. The summed E-state index contributed by atoms with van der Waals surface area (Å²) in [6.07, 6.45) is -4.59. The first-order valence-electron chi connectivity index (χ1n) is 4.27. The summed E-state index contributed by atoms with van der Waals surface area (Å²) < 4.78 is 42.7. The molecule has 0 aromatic heterocycles. The molecule has 0 aliphatic carbocycles. The Morgan fingerprint density at radius 2 is 2.06 bits per heavy atom. The molecular weight excluding hydrogens is 277 g/mol. The van der Waals surface area contributed by atoms with E-state index in [2.05, 4.69) is 17.5 Å². The number of methoxy groups -OCH3 is 1. The minimum absolute atomic E-state index is 0.000440. The summed E-state index contributed by atoms with van der Waals surface area (Å²) in [6.45, 7) is 0. The van der Waals surface area contributed by atoms with Crippen LogP contribution in [0.3, 0.4) is 0 Å². The zero-order valence-electron chi connectivity index (χ0n) is 8.56. The van der Waals surface area contributed by atoms with Crippen molar-refractivity contribution in [3.63, 3.8) is 0 Å². The summed E-state index contributed by atoms with van der Waals surface area (Å²) in [4.78, 5) is 0. The largest absolute Gasteiger partial charge is 0.497 e. The molecule has 0 saturated carbocycles. The van der Waals surface area contributed by atoms with Gasteiger partial charge >= 0.3 is 6.18 Å². The number of anilines is 1. The van der Waals surface area contributed by atoms with Gasteiger partial charge in [0.15, 0.2) is 5.11 Å². The summed E-state index contributed by atoms with van der Waals surface area (Å²) in [5.41, 5.74) is 4.12. The molecule has 0 unspecified atom stereocenters. The molecule has 0 atom stereocenters. The Morgan fingerprint density at radius 1 is 1.47 bits per heavy atom. The lowest BCUT2D eigenvalue weighted by molar-refractivity contribution is -0.137. The van der Waals surface area contributed by atoms with E-state index in [1.54, 1.807) is 0 Å². The standard InChI is InChI=1S/C9H8ClF3N2OS/c1-16-4-2-5(9(11,12)13)7(10)6(3-4)15-8(14)17/h2-3H,1H3,(H3,14,15,17). The normalized spacial score (nSPS) is 11.1. The first kappa shape index (κ1) is 13.9. The van der Waals surface area contributed by atoms with Crippen molar-refractivity contribution in [2.45, 2.75) is 6.18 Å². The molecule has 0 bridgehead atoms. The SMILES string of the molecule is COc1cc(NC(N)=S)c(Cl)c(C(F)(F)F)c1. The van der Waals surface area contributed by atoms with Crippen LogP contribution in [0.15, 0.2) is 12.1 Å². The van der Waals surface area contributed by atoms with Gasteiger partial charge in [0, 0.05) is 6.07 Å². The Labute approximate surface area is 106 Å². The lowest BCUT2D eigenvalue weighted by atomic mass is 10.1. The number of rotatable bonds is 2. The van der Waals surface area contributed by atoms with Gasteiger partial charge < -0.3 is 15.8 Å². The van der Waals surface area contributed by atoms with Gasteiger partial charge in [-0.05, 0) is 18.3 Å². The molecule has 0 aliphatic heterocycles. The second-order valence-corrected chi connectivity index (χ2v) is 3.84. The highest BCUT2D eigenvalue weighted by molar-refractivity contribution is 7.80. The first-order chi connectivity index (χ1) is 7.75. The van der Waals surface area contributed by atoms with Gasteiger partial charge in [0.1, 0.15) is 5.75 Å². The minimum Gasteiger partial charge on any atom is -0.497 e. The third-order valence-electron chi connectivity index (χ3n) is 1.85. The quantitative estimate of drug-likeness (QED) is 0.820. The zero-order valence-corrected chi connectivity index (χ0v) is 10.1. The molecule has 0 amide bonds. The third kappa shape index (κ3) is 3.37. The van der Waals surface area contributed by atoms with E-state index < -0.39 is 16.8 Å². The Kier molecular flexibility index (Phi) is 4.05. The number of hydrogen-bond donors (Lipinski definition) is 2. The molecule has 0 spiro atoms. The molecule has 3 nitrogen and oxygen atoms in total. The fourth-order valence-corrected chi connectivity index (χ4v) is 1.52. The van der Waals surface area contributed by atoms with Crippen LogP contribution in [0.4, 0.5) is 18.9 Å². The first-order valence-corrected chi connectivity index (χ1v) is 5.05. The number of nitrogens with two attached hydrogens (primary N) is 1. The van der Waals surface area contributed by atoms with E-state index in [1.807, 2.05) is 0 Å². The van der Waals surface area contributed by atoms with E-state index in [-0.39, 0.29) is 16.5 Å². The molecule has 0 aliphatic rings. The van der Waals surface area contributed by atoms with Gasteiger partial charge in [0.2, 0.25) is 0 Å². The number of alkyl halides is 3. The van der Waals surface area contributed by atoms with Gasteiger partial charge in [-0.3, -0.25) is 0 Å². The van der Waals surface area contributed by atoms with Gasteiger partial charge in [-0.1, -0.05) is 11.6 Å². The molecule has 0 saturated heterocycles. The molecule has 1 rings (SSSR count). The molecular formula is C9H8ClF3N2OS. The van der Waals surface area contributed by atoms with Crippen molar-refractivity contribution in [3.8, 4) is 5.75 Å². The van der Waals surface area contributed by atoms with Crippen molar-refractivity contribution in [1.82, 2.24) is 0 Å². The van der Waals surface area contributed by atoms with Crippen LogP contribution in [-0.4, -0.2) is 12.2 Å². The van der Waals surface area contributed by atoms with Crippen molar-refractivity contribution in [3.05, 3.63) is 22.7 Å². The summed E-state index contributed by atoms with van der Waals surface area (Å²) >= 11 is 10.2. The van der Waals surface area contributed by atoms with Crippen molar-refractivity contribution in [2.75, 3.05) is 12.4 Å². The van der Waals surface area contributed by atoms with Crippen LogP contribution in [0.25, 0.3) is 0 Å². The average Bonchev–Trinajstić information content (AvgIpc) is 2.18. The highest BCUT2D eigenvalue weighted by Crippen LogP contribution is 2.41. The van der Waals surface area contributed by atoms with Gasteiger partial charge in [-0.2, -0.15) is 13.2 Å². The van der Waals surface area contributed by atoms with E-state index in [1.165, 1.54) is 13.2 Å². The number of halogens is 4. The van der Waals surface area contributed by atoms with Crippen LogP contribution < -0.4 is 15.8 Å². The second kappa shape index (κ2) is 4.97. The van der Waals surface area contributed by atoms with Crippen molar-refractivity contribution < 1.29 is 17.9 Å². The van der Waals surface area contributed by atoms with Crippen LogP contribution in [0.5, 0.6) is 5.75 Å². The monoisotopic (exact) mass is 284 g/mol. The lowest BCUT2D eigenvalue weighted by Crippen LogP contribution is -2.20. The van der Waals surface area contributed by atoms with Gasteiger partial charge in [-0.25, -0.2) is 0 Å². The summed E-state index contributed by atoms with van der Waals surface area (Å²) in [5.74, 6) is 0.000440. The van der Waals surface area contributed by atoms with Crippen LogP contribution in [0.2, 0.25) is 5.02 Å². The number of benzene rings is 1. The fourth-order valence-electron chi connectivity index (χ4n) is 1.15. The lowest BCUT2D eigenvalue weighted by Gasteiger charge is -2.15. The Hall–Kier alpha value is -1.21. The second-order valence-electron chi connectivity index (χ2n) is 3.02. The molecule has 94 valence electrons. The molecule has 8 heteroatoms. The Balaban J connectivity index is 3.36. The number of thiocarbonyl (C=S) groups is 1. The maximum atomic E-state index is 12.7. The molecule has 1 aromatic rings. The predicted octanol–water partition coefficient (Wildman–Crippen LogP) is 3.02. The number of hydrogen-bond acceptors (Lipinski definition) is 2. The molecule has 3 N–H and O–H groups in total. The van der Waals surface area contributed by atoms with Crippen LogP contribution in [0, 0.1) is 0 Å². The average molecular weight is 285 g/mol. The third-order valence-corrected chi connectivity index (χ3v) is 2.35. The Morgan fingerprint density at radius 3 is 2.47 bits per heavy atom. The predicted molar refractivity (Wildman–Crippen MR) is 63.4 cm³/mol. The minimum atomic E-state index is -4.59. The van der Waals surface area contributed by atoms with Crippen molar-refractivity contribution in [1.29, 1.82) is 0 Å². The molecule has 0 heterocycles. The van der Waals surface area contributed by atoms with Crippen LogP contribution in [-0.2, 0) is 6.18 Å². The highest BCUT2D eigenvalue weighted by Gasteiger charge is 2.35.